The van der Waals surface area contributed by atoms with Crippen LogP contribution in [0.3, 0.4) is 0 Å². The van der Waals surface area contributed by atoms with Gasteiger partial charge in [-0.2, -0.15) is 0 Å². The Morgan fingerprint density at radius 3 is 2.33 bits per heavy atom. The van der Waals surface area contributed by atoms with Gasteiger partial charge in [-0.15, -0.1) is 10.2 Å². The van der Waals surface area contributed by atoms with Crippen LogP contribution in [-0.4, -0.2) is 22.7 Å². The number of nitrogens with zero attached hydrogens (tertiary/aromatic N) is 2. The van der Waals surface area contributed by atoms with Crippen molar-refractivity contribution in [3.05, 3.63) is 59.6 Å². The molecule has 0 saturated carbocycles. The molecule has 140 valence electrons. The molecule has 3 aromatic rings. The Balaban J connectivity index is 1.52. The third-order valence-electron chi connectivity index (χ3n) is 4.35. The lowest BCUT2D eigenvalue weighted by Gasteiger charge is -2.07. The zero-order chi connectivity index (χ0) is 19.1. The maximum atomic E-state index is 12.1. The zero-order valence-electron chi connectivity index (χ0n) is 15.5. The summed E-state index contributed by atoms with van der Waals surface area (Å²) in [5, 5.41) is 12.5. The Morgan fingerprint density at radius 2 is 1.67 bits per heavy atom. The Bertz CT molecular complexity index is 859. The van der Waals surface area contributed by atoms with Gasteiger partial charge in [-0.3, -0.25) is 10.1 Å². The van der Waals surface area contributed by atoms with E-state index in [0.717, 1.165) is 29.0 Å². The van der Waals surface area contributed by atoms with Gasteiger partial charge in [0.15, 0.2) is 6.61 Å². The molecule has 0 unspecified atom stereocenters. The summed E-state index contributed by atoms with van der Waals surface area (Å²) in [4.78, 5) is 12.1. The molecule has 0 atom stereocenters. The quantitative estimate of drug-likeness (QED) is 0.588. The molecule has 0 fully saturated rings. The van der Waals surface area contributed by atoms with Gasteiger partial charge in [-0.1, -0.05) is 67.6 Å². The first kappa shape index (κ1) is 19.0. The van der Waals surface area contributed by atoms with Crippen LogP contribution in [0.4, 0.5) is 5.13 Å². The summed E-state index contributed by atoms with van der Waals surface area (Å²) in [5.41, 5.74) is 2.25. The number of benzene rings is 2. The Kier molecular flexibility index (Phi) is 6.54. The number of carbonyl (C=O) groups excluding carboxylic acids is 1. The predicted octanol–water partition coefficient (Wildman–Crippen LogP) is 5.13. The smallest absolute Gasteiger partial charge is 0.264 e. The Morgan fingerprint density at radius 1 is 1.00 bits per heavy atom. The van der Waals surface area contributed by atoms with E-state index in [1.807, 2.05) is 42.5 Å². The first-order chi connectivity index (χ1) is 13.2. The molecule has 2 aromatic carbocycles. The molecule has 6 heteroatoms. The third kappa shape index (κ3) is 5.14. The molecule has 0 aliphatic rings. The predicted molar refractivity (Wildman–Crippen MR) is 109 cm³/mol. The van der Waals surface area contributed by atoms with E-state index in [9.17, 15) is 4.79 Å². The standard InChI is InChI=1S/C21H23N3O2S/c1-3-15(4-2)20-23-24-21(27-20)22-19(25)14-26-18-12-10-17(11-13-18)16-8-6-5-7-9-16/h5-13,15H,3-4,14H2,1-2H3,(H,22,24,25). The molecule has 0 spiro atoms. The number of carbonyl (C=O) groups is 1. The highest BCUT2D eigenvalue weighted by atomic mass is 32.1. The number of nitrogens with one attached hydrogen (secondary N) is 1. The monoisotopic (exact) mass is 381 g/mol. The molecular formula is C21H23N3O2S. The van der Waals surface area contributed by atoms with Crippen LogP contribution in [0.25, 0.3) is 11.1 Å². The van der Waals surface area contributed by atoms with Gasteiger partial charge >= 0.3 is 0 Å². The van der Waals surface area contributed by atoms with Gasteiger partial charge in [-0.25, -0.2) is 0 Å². The lowest BCUT2D eigenvalue weighted by atomic mass is 10.1. The second kappa shape index (κ2) is 9.28. The number of anilines is 1. The van der Waals surface area contributed by atoms with E-state index in [1.165, 1.54) is 11.3 Å². The normalized spacial score (nSPS) is 10.8. The van der Waals surface area contributed by atoms with Gasteiger partial charge in [0.25, 0.3) is 5.91 Å². The van der Waals surface area contributed by atoms with E-state index in [4.69, 9.17) is 4.74 Å². The summed E-state index contributed by atoms with van der Waals surface area (Å²) < 4.78 is 5.57. The van der Waals surface area contributed by atoms with E-state index in [2.05, 4.69) is 41.5 Å². The molecular weight excluding hydrogens is 358 g/mol. The van der Waals surface area contributed by atoms with Crippen LogP contribution < -0.4 is 10.1 Å². The fourth-order valence-corrected chi connectivity index (χ4v) is 3.79. The lowest BCUT2D eigenvalue weighted by molar-refractivity contribution is -0.118. The maximum absolute atomic E-state index is 12.1. The van der Waals surface area contributed by atoms with Crippen molar-refractivity contribution < 1.29 is 9.53 Å². The number of rotatable bonds is 8. The van der Waals surface area contributed by atoms with Gasteiger partial charge in [0.05, 0.1) is 0 Å². The van der Waals surface area contributed by atoms with Gasteiger partial charge < -0.3 is 4.74 Å². The second-order valence-corrected chi connectivity index (χ2v) is 7.20. The van der Waals surface area contributed by atoms with Crippen LogP contribution in [0.2, 0.25) is 0 Å². The van der Waals surface area contributed by atoms with Crippen molar-refractivity contribution in [3.8, 4) is 16.9 Å². The highest BCUT2D eigenvalue weighted by Crippen LogP contribution is 2.28. The molecule has 27 heavy (non-hydrogen) atoms. The maximum Gasteiger partial charge on any atom is 0.264 e. The largest absolute Gasteiger partial charge is 0.484 e. The Labute approximate surface area is 163 Å². The number of hydrogen-bond acceptors (Lipinski definition) is 5. The summed E-state index contributed by atoms with van der Waals surface area (Å²) in [6, 6.07) is 17.8. The van der Waals surface area contributed by atoms with Crippen molar-refractivity contribution in [1.29, 1.82) is 0 Å². The van der Waals surface area contributed by atoms with E-state index in [0.29, 0.717) is 16.8 Å². The van der Waals surface area contributed by atoms with E-state index < -0.39 is 0 Å². The topological polar surface area (TPSA) is 64.1 Å². The molecule has 1 heterocycles. The van der Waals surface area contributed by atoms with Crippen molar-refractivity contribution in [1.82, 2.24) is 10.2 Å². The molecule has 5 nitrogen and oxygen atoms in total. The molecule has 0 aliphatic heterocycles. The fourth-order valence-electron chi connectivity index (χ4n) is 2.77. The number of ether oxygens (including phenoxy) is 1. The van der Waals surface area contributed by atoms with Gasteiger partial charge in [0, 0.05) is 5.92 Å². The summed E-state index contributed by atoms with van der Waals surface area (Å²) in [6.45, 7) is 4.19. The first-order valence-electron chi connectivity index (χ1n) is 9.11. The van der Waals surface area contributed by atoms with E-state index in [-0.39, 0.29) is 12.5 Å². The minimum Gasteiger partial charge on any atom is -0.484 e. The first-order valence-corrected chi connectivity index (χ1v) is 9.92. The van der Waals surface area contributed by atoms with Crippen LogP contribution in [0.15, 0.2) is 54.6 Å². The highest BCUT2D eigenvalue weighted by Gasteiger charge is 2.14. The van der Waals surface area contributed by atoms with E-state index in [1.54, 1.807) is 0 Å². The second-order valence-electron chi connectivity index (χ2n) is 6.19. The van der Waals surface area contributed by atoms with Crippen molar-refractivity contribution >= 4 is 22.4 Å². The van der Waals surface area contributed by atoms with Crippen LogP contribution in [0.5, 0.6) is 5.75 Å². The van der Waals surface area contributed by atoms with Crippen LogP contribution in [-0.2, 0) is 4.79 Å². The third-order valence-corrected chi connectivity index (χ3v) is 5.35. The number of aromatic nitrogens is 2. The van der Waals surface area contributed by atoms with Gasteiger partial charge in [-0.05, 0) is 36.1 Å². The lowest BCUT2D eigenvalue weighted by Crippen LogP contribution is -2.20. The Hall–Kier alpha value is -2.73. The molecule has 0 radical (unpaired) electrons. The van der Waals surface area contributed by atoms with E-state index >= 15 is 0 Å². The molecule has 0 bridgehead atoms. The summed E-state index contributed by atoms with van der Waals surface area (Å²) in [6.07, 6.45) is 2.03. The summed E-state index contributed by atoms with van der Waals surface area (Å²) in [7, 11) is 0. The molecule has 0 aliphatic carbocycles. The molecule has 1 N–H and O–H groups in total. The SMILES string of the molecule is CCC(CC)c1nnc(NC(=O)COc2ccc(-c3ccccc3)cc2)s1. The zero-order valence-corrected chi connectivity index (χ0v) is 16.3. The minimum absolute atomic E-state index is 0.0649. The number of amides is 1. The average Bonchev–Trinajstić information content (AvgIpc) is 3.16. The van der Waals surface area contributed by atoms with Gasteiger partial charge in [0.1, 0.15) is 10.8 Å². The van der Waals surface area contributed by atoms with Crippen molar-refractivity contribution in [2.24, 2.45) is 0 Å². The fraction of sp³-hybridized carbons (Fsp3) is 0.286. The average molecular weight is 382 g/mol. The molecule has 0 saturated heterocycles. The number of hydrogen-bond donors (Lipinski definition) is 1. The van der Waals surface area contributed by atoms with Crippen LogP contribution >= 0.6 is 11.3 Å². The minimum atomic E-state index is -0.241. The van der Waals surface area contributed by atoms with Gasteiger partial charge in [0.2, 0.25) is 5.13 Å². The molecule has 3 rings (SSSR count). The van der Waals surface area contributed by atoms with Crippen molar-refractivity contribution in [3.63, 3.8) is 0 Å². The van der Waals surface area contributed by atoms with Crippen LogP contribution in [0, 0.1) is 0 Å². The highest BCUT2D eigenvalue weighted by molar-refractivity contribution is 7.15. The van der Waals surface area contributed by atoms with Crippen molar-refractivity contribution in [2.45, 2.75) is 32.6 Å². The van der Waals surface area contributed by atoms with Crippen molar-refractivity contribution in [2.75, 3.05) is 11.9 Å². The summed E-state index contributed by atoms with van der Waals surface area (Å²) in [5.74, 6) is 0.807. The molecule has 1 amide bonds. The van der Waals surface area contributed by atoms with Crippen LogP contribution in [0.1, 0.15) is 37.6 Å². The summed E-state index contributed by atoms with van der Waals surface area (Å²) >= 11 is 1.43. The molecule has 1 aromatic heterocycles.